The lowest BCUT2D eigenvalue weighted by Gasteiger charge is -2.48. The van der Waals surface area contributed by atoms with Crippen LogP contribution in [0, 0.1) is 0 Å². The Kier molecular flexibility index (Phi) is 5.26. The first-order valence-corrected chi connectivity index (χ1v) is 11.3. The highest BCUT2D eigenvalue weighted by Crippen LogP contribution is 2.54. The molecule has 2 heterocycles. The van der Waals surface area contributed by atoms with Gasteiger partial charge in [-0.15, -0.1) is 23.5 Å². The normalized spacial score (nSPS) is 27.9. The Morgan fingerprint density at radius 3 is 2.50 bits per heavy atom. The van der Waals surface area contributed by atoms with E-state index in [-0.39, 0.29) is 11.9 Å². The average Bonchev–Trinajstić information content (AvgIpc) is 3.34. The van der Waals surface area contributed by atoms with Gasteiger partial charge in [-0.3, -0.25) is 9.69 Å². The predicted molar refractivity (Wildman–Crippen MR) is 113 cm³/mol. The number of amides is 1. The van der Waals surface area contributed by atoms with E-state index in [2.05, 4.69) is 40.6 Å². The van der Waals surface area contributed by atoms with Crippen LogP contribution in [0.2, 0.25) is 0 Å². The van der Waals surface area contributed by atoms with Crippen molar-refractivity contribution in [2.45, 2.75) is 35.4 Å². The van der Waals surface area contributed by atoms with Crippen LogP contribution in [0.1, 0.15) is 29.6 Å². The van der Waals surface area contributed by atoms with Crippen molar-refractivity contribution in [1.29, 1.82) is 0 Å². The fraction of sp³-hybridized carbons (Fsp3) is 0.550. The number of hydrogen-bond acceptors (Lipinski definition) is 5. The summed E-state index contributed by atoms with van der Waals surface area (Å²) >= 11 is 4.29. The van der Waals surface area contributed by atoms with Gasteiger partial charge in [-0.05, 0) is 43.5 Å². The number of nitrogens with zero attached hydrogens (tertiary/aromatic N) is 2. The summed E-state index contributed by atoms with van der Waals surface area (Å²) < 4.78 is 0.370. The van der Waals surface area contributed by atoms with Gasteiger partial charge < -0.3 is 10.6 Å². The number of nitrogens with two attached hydrogens (primary N) is 1. The van der Waals surface area contributed by atoms with Gasteiger partial charge in [-0.1, -0.05) is 12.2 Å². The van der Waals surface area contributed by atoms with Gasteiger partial charge in [0.1, 0.15) is 0 Å². The minimum Gasteiger partial charge on any atom is -0.399 e. The smallest absolute Gasteiger partial charge is 0.253 e. The molecule has 2 atom stereocenters. The summed E-state index contributed by atoms with van der Waals surface area (Å²) in [4.78, 5) is 17.6. The predicted octanol–water partition coefficient (Wildman–Crippen LogP) is 3.31. The standard InChI is InChI=1S/C20H27N3OS2/c1-22(19(24)15-4-6-16(21)7-5-15)17-8-9-20(25-12-13-26-20)14-18(17)23-10-2-3-11-23/h2-7,17-18H,8-14,21H2,1H3. The molecule has 140 valence electrons. The highest BCUT2D eigenvalue weighted by Gasteiger charge is 2.47. The van der Waals surface area contributed by atoms with Crippen LogP contribution in [0.3, 0.4) is 0 Å². The minimum atomic E-state index is 0.106. The number of carbonyl (C=O) groups excluding carboxylic acids is 1. The highest BCUT2D eigenvalue weighted by molar-refractivity contribution is 8.21. The molecule has 4 nitrogen and oxygen atoms in total. The number of carbonyl (C=O) groups is 1. The maximum atomic E-state index is 13.1. The van der Waals surface area contributed by atoms with Crippen LogP contribution in [-0.2, 0) is 0 Å². The molecule has 26 heavy (non-hydrogen) atoms. The Hall–Kier alpha value is -1.11. The third kappa shape index (κ3) is 3.51. The van der Waals surface area contributed by atoms with E-state index in [4.69, 9.17) is 5.73 Å². The fourth-order valence-corrected chi connectivity index (χ4v) is 7.79. The summed E-state index contributed by atoms with van der Waals surface area (Å²) in [6.45, 7) is 2.02. The second-order valence-electron chi connectivity index (χ2n) is 7.45. The molecule has 1 aromatic carbocycles. The van der Waals surface area contributed by atoms with Gasteiger partial charge in [0.15, 0.2) is 0 Å². The monoisotopic (exact) mass is 389 g/mol. The van der Waals surface area contributed by atoms with E-state index < -0.39 is 0 Å². The molecule has 1 amide bonds. The first kappa shape index (κ1) is 18.3. The molecule has 2 aliphatic heterocycles. The molecule has 2 N–H and O–H groups in total. The summed E-state index contributed by atoms with van der Waals surface area (Å²) in [5.74, 6) is 2.64. The summed E-state index contributed by atoms with van der Waals surface area (Å²) in [5.41, 5.74) is 7.20. The number of nitrogen functional groups attached to an aromatic ring is 1. The number of likely N-dealkylation sites (N-methyl/N-ethyl adjacent to an activating group) is 1. The summed E-state index contributed by atoms with van der Waals surface area (Å²) in [5, 5.41) is 0. The molecule has 1 spiro atoms. The summed E-state index contributed by atoms with van der Waals surface area (Å²) in [6, 6.07) is 8.00. The van der Waals surface area contributed by atoms with Gasteiger partial charge in [-0.25, -0.2) is 0 Å². The van der Waals surface area contributed by atoms with Crippen molar-refractivity contribution in [1.82, 2.24) is 9.80 Å². The zero-order valence-corrected chi connectivity index (χ0v) is 16.9. The van der Waals surface area contributed by atoms with Crippen molar-refractivity contribution in [3.05, 3.63) is 42.0 Å². The molecule has 1 saturated heterocycles. The van der Waals surface area contributed by atoms with Crippen molar-refractivity contribution >= 4 is 35.1 Å². The highest BCUT2D eigenvalue weighted by atomic mass is 32.2. The molecule has 1 aromatic rings. The Bertz CT molecular complexity index is 677. The van der Waals surface area contributed by atoms with Gasteiger partial charge in [-0.2, -0.15) is 0 Å². The second-order valence-corrected chi connectivity index (χ2v) is 10.7. The maximum Gasteiger partial charge on any atom is 0.253 e. The number of benzene rings is 1. The van der Waals surface area contributed by atoms with Crippen molar-refractivity contribution in [3.63, 3.8) is 0 Å². The number of hydrogen-bond donors (Lipinski definition) is 1. The topological polar surface area (TPSA) is 49.6 Å². The molecule has 4 rings (SSSR count). The van der Waals surface area contributed by atoms with Crippen LogP contribution < -0.4 is 5.73 Å². The van der Waals surface area contributed by atoms with Crippen LogP contribution >= 0.6 is 23.5 Å². The van der Waals surface area contributed by atoms with Gasteiger partial charge in [0.05, 0.1) is 4.08 Å². The van der Waals surface area contributed by atoms with E-state index >= 15 is 0 Å². The van der Waals surface area contributed by atoms with E-state index in [1.165, 1.54) is 24.3 Å². The van der Waals surface area contributed by atoms with Crippen LogP contribution in [0.5, 0.6) is 0 Å². The first-order valence-electron chi connectivity index (χ1n) is 9.38. The Labute approximate surface area is 164 Å². The molecular formula is C20H27N3OS2. The molecular weight excluding hydrogens is 362 g/mol. The molecule has 3 aliphatic rings. The second kappa shape index (κ2) is 7.49. The molecule has 0 aromatic heterocycles. The third-order valence-corrected chi connectivity index (χ3v) is 9.47. The van der Waals surface area contributed by atoms with Crippen LogP contribution in [0.4, 0.5) is 5.69 Å². The maximum absolute atomic E-state index is 13.1. The van der Waals surface area contributed by atoms with Crippen LogP contribution in [0.25, 0.3) is 0 Å². The lowest BCUT2D eigenvalue weighted by molar-refractivity contribution is 0.0502. The molecule has 1 saturated carbocycles. The van der Waals surface area contributed by atoms with Gasteiger partial charge in [0.25, 0.3) is 5.91 Å². The van der Waals surface area contributed by atoms with E-state index in [0.717, 1.165) is 25.1 Å². The van der Waals surface area contributed by atoms with Crippen molar-refractivity contribution in [3.8, 4) is 0 Å². The van der Waals surface area contributed by atoms with Gasteiger partial charge in [0, 0.05) is 55.0 Å². The SMILES string of the molecule is CN(C(=O)c1ccc(N)cc1)C1CCC2(CC1N1CC=CC1)SCCS2. The average molecular weight is 390 g/mol. The number of rotatable bonds is 3. The van der Waals surface area contributed by atoms with Gasteiger partial charge >= 0.3 is 0 Å². The van der Waals surface area contributed by atoms with Crippen molar-refractivity contribution in [2.75, 3.05) is 37.4 Å². The molecule has 2 fully saturated rings. The minimum absolute atomic E-state index is 0.106. The fourth-order valence-electron chi connectivity index (χ4n) is 4.45. The molecule has 2 unspecified atom stereocenters. The Morgan fingerprint density at radius 1 is 1.19 bits per heavy atom. The van der Waals surface area contributed by atoms with Crippen LogP contribution in [-0.4, -0.2) is 63.5 Å². The largest absolute Gasteiger partial charge is 0.399 e. The molecule has 6 heteroatoms. The van der Waals surface area contributed by atoms with Gasteiger partial charge in [0.2, 0.25) is 0 Å². The van der Waals surface area contributed by atoms with Crippen LogP contribution in [0.15, 0.2) is 36.4 Å². The molecule has 0 radical (unpaired) electrons. The van der Waals surface area contributed by atoms with E-state index in [1.807, 2.05) is 36.2 Å². The summed E-state index contributed by atoms with van der Waals surface area (Å²) in [7, 11) is 1.98. The van der Waals surface area contributed by atoms with E-state index in [1.54, 1.807) is 0 Å². The lowest BCUT2D eigenvalue weighted by atomic mass is 9.87. The number of anilines is 1. The first-order chi connectivity index (χ1) is 12.6. The van der Waals surface area contributed by atoms with E-state index in [0.29, 0.717) is 15.8 Å². The quantitative estimate of drug-likeness (QED) is 0.635. The third-order valence-electron chi connectivity index (χ3n) is 5.89. The summed E-state index contributed by atoms with van der Waals surface area (Å²) in [6.07, 6.45) is 7.97. The number of thioether (sulfide) groups is 2. The van der Waals surface area contributed by atoms with E-state index in [9.17, 15) is 4.79 Å². The molecule has 0 bridgehead atoms. The van der Waals surface area contributed by atoms with Crippen molar-refractivity contribution in [2.24, 2.45) is 0 Å². The zero-order valence-electron chi connectivity index (χ0n) is 15.3. The Balaban J connectivity index is 1.54. The zero-order chi connectivity index (χ0) is 18.1. The van der Waals surface area contributed by atoms with Crippen molar-refractivity contribution < 1.29 is 4.79 Å². The Morgan fingerprint density at radius 2 is 1.85 bits per heavy atom. The lowest BCUT2D eigenvalue weighted by Crippen LogP contribution is -2.56. The molecule has 1 aliphatic carbocycles.